The smallest absolute Gasteiger partial charge is 0.273 e. The van der Waals surface area contributed by atoms with Gasteiger partial charge in [-0.3, -0.25) is 14.5 Å². The first-order valence-electron chi connectivity index (χ1n) is 12.2. The van der Waals surface area contributed by atoms with Gasteiger partial charge in [0, 0.05) is 66.8 Å². The standard InChI is InChI=1S/C28H28FN5O2/c1-28(2,36)22-8-7-19(20-15-32(3)31-26(20)22)18-12-23(29)21(24(13-18)33-10-5-11-33)16-34-14-17-6-4-9-30-25(17)27(34)35/h4,6-9,12-13,15,36H,5,10-11,14,16H2,1-3H3. The van der Waals surface area contributed by atoms with Gasteiger partial charge < -0.3 is 14.9 Å². The van der Waals surface area contributed by atoms with Gasteiger partial charge in [0.2, 0.25) is 0 Å². The van der Waals surface area contributed by atoms with Crippen molar-refractivity contribution >= 4 is 22.5 Å². The van der Waals surface area contributed by atoms with Crippen LogP contribution in [0.25, 0.3) is 22.0 Å². The van der Waals surface area contributed by atoms with Crippen molar-refractivity contribution in [3.8, 4) is 11.1 Å². The maximum atomic E-state index is 15.9. The Balaban J connectivity index is 1.44. The van der Waals surface area contributed by atoms with E-state index in [1.165, 1.54) is 0 Å². The maximum Gasteiger partial charge on any atom is 0.273 e. The van der Waals surface area contributed by atoms with E-state index in [2.05, 4.69) is 15.0 Å². The summed E-state index contributed by atoms with van der Waals surface area (Å²) in [6, 6.07) is 11.1. The van der Waals surface area contributed by atoms with Gasteiger partial charge in [-0.2, -0.15) is 5.10 Å². The molecule has 4 aromatic rings. The molecule has 1 amide bonds. The van der Waals surface area contributed by atoms with Gasteiger partial charge in [-0.15, -0.1) is 0 Å². The number of hydrogen-bond acceptors (Lipinski definition) is 5. The molecule has 0 bridgehead atoms. The lowest BCUT2D eigenvalue weighted by atomic mass is 9.91. The predicted molar refractivity (Wildman–Crippen MR) is 136 cm³/mol. The van der Waals surface area contributed by atoms with Gasteiger partial charge in [-0.1, -0.05) is 18.2 Å². The number of aliphatic hydroxyl groups is 1. The molecule has 0 aliphatic carbocycles. The second-order valence-corrected chi connectivity index (χ2v) is 10.3. The van der Waals surface area contributed by atoms with E-state index in [1.54, 1.807) is 35.7 Å². The Hall–Kier alpha value is -3.78. The summed E-state index contributed by atoms with van der Waals surface area (Å²) in [7, 11) is 1.84. The SMILES string of the molecule is Cn1cc2c(-c3cc(F)c(CN4Cc5cccnc5C4=O)c(N4CCC4)c3)ccc(C(C)(C)O)c2n1. The Morgan fingerprint density at radius 2 is 1.97 bits per heavy atom. The second-order valence-electron chi connectivity index (χ2n) is 10.3. The monoisotopic (exact) mass is 485 g/mol. The van der Waals surface area contributed by atoms with Crippen LogP contribution in [-0.2, 0) is 25.7 Å². The van der Waals surface area contributed by atoms with E-state index in [-0.39, 0.29) is 18.3 Å². The average Bonchev–Trinajstić information content (AvgIpc) is 3.32. The van der Waals surface area contributed by atoms with Gasteiger partial charge in [0.1, 0.15) is 11.5 Å². The molecule has 2 aromatic carbocycles. The molecule has 4 heterocycles. The van der Waals surface area contributed by atoms with Crippen LogP contribution in [0, 0.1) is 5.82 Å². The zero-order valence-electron chi connectivity index (χ0n) is 20.6. The number of fused-ring (bicyclic) bond motifs is 2. The first-order valence-corrected chi connectivity index (χ1v) is 12.2. The van der Waals surface area contributed by atoms with E-state index in [4.69, 9.17) is 0 Å². The van der Waals surface area contributed by atoms with Gasteiger partial charge in [0.25, 0.3) is 5.91 Å². The highest BCUT2D eigenvalue weighted by Gasteiger charge is 2.31. The second kappa shape index (κ2) is 8.13. The number of aromatic nitrogens is 3. The lowest BCUT2D eigenvalue weighted by molar-refractivity contribution is 0.0760. The highest BCUT2D eigenvalue weighted by Crippen LogP contribution is 2.39. The first-order chi connectivity index (χ1) is 17.2. The first kappa shape index (κ1) is 22.7. The van der Waals surface area contributed by atoms with Crippen LogP contribution in [0.3, 0.4) is 0 Å². The zero-order chi connectivity index (χ0) is 25.2. The van der Waals surface area contributed by atoms with Crippen molar-refractivity contribution < 1.29 is 14.3 Å². The van der Waals surface area contributed by atoms with Crippen molar-refractivity contribution in [2.45, 2.75) is 39.0 Å². The van der Waals surface area contributed by atoms with Crippen LogP contribution in [0.15, 0.2) is 48.8 Å². The Labute approximate surface area is 208 Å². The molecule has 1 N–H and O–H groups in total. The average molecular weight is 486 g/mol. The van der Waals surface area contributed by atoms with Crippen LogP contribution in [-0.4, -0.2) is 43.8 Å². The van der Waals surface area contributed by atoms with E-state index in [1.807, 2.05) is 43.6 Å². The van der Waals surface area contributed by atoms with E-state index in [9.17, 15) is 9.90 Å². The molecule has 0 atom stereocenters. The van der Waals surface area contributed by atoms with E-state index in [0.29, 0.717) is 23.3 Å². The molecule has 7 nitrogen and oxygen atoms in total. The predicted octanol–water partition coefficient (Wildman–Crippen LogP) is 4.37. The van der Waals surface area contributed by atoms with Gasteiger partial charge in [0.15, 0.2) is 0 Å². The molecule has 2 aliphatic rings. The fraction of sp³-hybridized carbons (Fsp3) is 0.321. The molecule has 1 fully saturated rings. The fourth-order valence-corrected chi connectivity index (χ4v) is 5.24. The van der Waals surface area contributed by atoms with Crippen molar-refractivity contribution in [1.82, 2.24) is 19.7 Å². The molecule has 184 valence electrons. The molecule has 2 aliphatic heterocycles. The normalized spacial score (nSPS) is 15.5. The molecular formula is C28H28FN5O2. The number of benzene rings is 2. The zero-order valence-corrected chi connectivity index (χ0v) is 20.6. The topological polar surface area (TPSA) is 74.5 Å². The number of aryl methyl sites for hydroxylation is 1. The van der Waals surface area contributed by atoms with Crippen LogP contribution in [0.4, 0.5) is 10.1 Å². The third-order valence-electron chi connectivity index (χ3n) is 7.22. The lowest BCUT2D eigenvalue weighted by Crippen LogP contribution is -2.38. The molecule has 1 saturated heterocycles. The highest BCUT2D eigenvalue weighted by molar-refractivity contribution is 5.98. The van der Waals surface area contributed by atoms with Crippen molar-refractivity contribution in [3.63, 3.8) is 0 Å². The van der Waals surface area contributed by atoms with Crippen LogP contribution >= 0.6 is 0 Å². The highest BCUT2D eigenvalue weighted by atomic mass is 19.1. The van der Waals surface area contributed by atoms with Crippen LogP contribution in [0.1, 0.15) is 47.4 Å². The molecule has 0 spiro atoms. The van der Waals surface area contributed by atoms with Gasteiger partial charge >= 0.3 is 0 Å². The van der Waals surface area contributed by atoms with Crippen molar-refractivity contribution in [1.29, 1.82) is 0 Å². The number of pyridine rings is 1. The fourth-order valence-electron chi connectivity index (χ4n) is 5.24. The number of amides is 1. The molecule has 0 saturated carbocycles. The Kier molecular flexibility index (Phi) is 5.12. The summed E-state index contributed by atoms with van der Waals surface area (Å²) in [6.07, 6.45) is 4.57. The molecule has 2 aromatic heterocycles. The number of rotatable bonds is 5. The van der Waals surface area contributed by atoms with Gasteiger partial charge in [0.05, 0.1) is 17.7 Å². The summed E-state index contributed by atoms with van der Waals surface area (Å²) < 4.78 is 17.6. The third-order valence-corrected chi connectivity index (χ3v) is 7.22. The minimum absolute atomic E-state index is 0.164. The van der Waals surface area contributed by atoms with Gasteiger partial charge in [-0.05, 0) is 49.6 Å². The number of carbonyl (C=O) groups is 1. The van der Waals surface area contributed by atoms with Crippen molar-refractivity contribution in [3.05, 3.63) is 77.0 Å². The minimum Gasteiger partial charge on any atom is -0.386 e. The van der Waals surface area contributed by atoms with Crippen LogP contribution < -0.4 is 4.90 Å². The molecule has 0 radical (unpaired) electrons. The summed E-state index contributed by atoms with van der Waals surface area (Å²) in [6.45, 7) is 5.79. The third kappa shape index (κ3) is 3.64. The Bertz CT molecular complexity index is 1520. The van der Waals surface area contributed by atoms with Crippen LogP contribution in [0.2, 0.25) is 0 Å². The lowest BCUT2D eigenvalue weighted by Gasteiger charge is -2.36. The molecule has 6 rings (SSSR count). The number of nitrogens with zero attached hydrogens (tertiary/aromatic N) is 5. The summed E-state index contributed by atoms with van der Waals surface area (Å²) in [5.74, 6) is -0.502. The van der Waals surface area contributed by atoms with Crippen molar-refractivity contribution in [2.75, 3.05) is 18.0 Å². The molecular weight excluding hydrogens is 457 g/mol. The van der Waals surface area contributed by atoms with Crippen LogP contribution in [0.5, 0.6) is 0 Å². The summed E-state index contributed by atoms with van der Waals surface area (Å²) in [5, 5.41) is 16.1. The molecule has 0 unspecified atom stereocenters. The number of hydrogen-bond donors (Lipinski definition) is 1. The summed E-state index contributed by atoms with van der Waals surface area (Å²) in [4.78, 5) is 21.0. The van der Waals surface area contributed by atoms with Crippen molar-refractivity contribution in [2.24, 2.45) is 7.05 Å². The number of halogens is 1. The van der Waals surface area contributed by atoms with E-state index in [0.717, 1.165) is 52.8 Å². The molecule has 8 heteroatoms. The van der Waals surface area contributed by atoms with E-state index < -0.39 is 5.60 Å². The summed E-state index contributed by atoms with van der Waals surface area (Å²) in [5.41, 5.74) is 4.63. The number of anilines is 1. The van der Waals surface area contributed by atoms with Gasteiger partial charge in [-0.25, -0.2) is 4.39 Å². The Morgan fingerprint density at radius 3 is 2.67 bits per heavy atom. The number of carbonyl (C=O) groups excluding carboxylic acids is 1. The largest absolute Gasteiger partial charge is 0.386 e. The quantitative estimate of drug-likeness (QED) is 0.455. The minimum atomic E-state index is -1.06. The Morgan fingerprint density at radius 1 is 1.17 bits per heavy atom. The summed E-state index contributed by atoms with van der Waals surface area (Å²) >= 11 is 0. The maximum absolute atomic E-state index is 15.9. The molecule has 36 heavy (non-hydrogen) atoms. The van der Waals surface area contributed by atoms with E-state index >= 15 is 4.39 Å².